The predicted molar refractivity (Wildman–Crippen MR) is 94.3 cm³/mol. The fourth-order valence-corrected chi connectivity index (χ4v) is 2.27. The van der Waals surface area contributed by atoms with E-state index in [4.69, 9.17) is 28.5 Å². The van der Waals surface area contributed by atoms with E-state index in [0.717, 1.165) is 5.56 Å². The van der Waals surface area contributed by atoms with Crippen molar-refractivity contribution in [3.8, 4) is 6.07 Å². The molecule has 0 radical (unpaired) electrons. The molecule has 0 heterocycles. The Bertz CT molecular complexity index is 785. The molecule has 0 unspecified atom stereocenters. The highest BCUT2D eigenvalue weighted by molar-refractivity contribution is 6.40. The zero-order valence-electron chi connectivity index (χ0n) is 12.0. The fourth-order valence-electron chi connectivity index (χ4n) is 1.78. The maximum absolute atomic E-state index is 12.1. The van der Waals surface area contributed by atoms with Crippen LogP contribution in [0.4, 0.5) is 5.69 Å². The van der Waals surface area contributed by atoms with E-state index in [0.29, 0.717) is 10.0 Å². The van der Waals surface area contributed by atoms with E-state index in [9.17, 15) is 4.79 Å². The van der Waals surface area contributed by atoms with E-state index in [1.165, 1.54) is 6.08 Å². The molecule has 0 aliphatic rings. The van der Waals surface area contributed by atoms with Crippen LogP contribution in [0.3, 0.4) is 0 Å². The normalized spacial score (nSPS) is 11.3. The standard InChI is InChI=1S/C18H12Cl2N2O/c19-15-10-5-11-16(20)17(15)22-18(23)14(12-21)9-4-8-13-6-2-1-3-7-13/h1-11H,(H,22,23). The highest BCUT2D eigenvalue weighted by Crippen LogP contribution is 2.30. The minimum absolute atomic E-state index is 0.0480. The van der Waals surface area contributed by atoms with Crippen LogP contribution in [0.25, 0.3) is 6.08 Å². The van der Waals surface area contributed by atoms with Gasteiger partial charge in [-0.05, 0) is 23.8 Å². The highest BCUT2D eigenvalue weighted by Gasteiger charge is 2.12. The van der Waals surface area contributed by atoms with Gasteiger partial charge in [0.25, 0.3) is 5.91 Å². The Morgan fingerprint density at radius 3 is 2.30 bits per heavy atom. The SMILES string of the molecule is N#CC(=CC=Cc1ccccc1)C(=O)Nc1c(Cl)cccc1Cl. The van der Waals surface area contributed by atoms with Crippen molar-refractivity contribution in [2.45, 2.75) is 0 Å². The molecule has 1 amide bonds. The van der Waals surface area contributed by atoms with Crippen molar-refractivity contribution in [1.82, 2.24) is 0 Å². The average molecular weight is 343 g/mol. The average Bonchev–Trinajstić information content (AvgIpc) is 2.56. The summed E-state index contributed by atoms with van der Waals surface area (Å²) in [6.07, 6.45) is 4.88. The topological polar surface area (TPSA) is 52.9 Å². The van der Waals surface area contributed by atoms with Gasteiger partial charge in [0.1, 0.15) is 11.6 Å². The van der Waals surface area contributed by atoms with Gasteiger partial charge in [0.2, 0.25) is 0 Å². The van der Waals surface area contributed by atoms with Crippen LogP contribution in [-0.4, -0.2) is 5.91 Å². The molecule has 2 rings (SSSR count). The minimum Gasteiger partial charge on any atom is -0.319 e. The summed E-state index contributed by atoms with van der Waals surface area (Å²) in [6.45, 7) is 0. The van der Waals surface area contributed by atoms with E-state index in [2.05, 4.69) is 5.32 Å². The number of hydrogen-bond donors (Lipinski definition) is 1. The molecule has 0 aliphatic carbocycles. The van der Waals surface area contributed by atoms with Crippen molar-refractivity contribution < 1.29 is 4.79 Å². The van der Waals surface area contributed by atoms with Gasteiger partial charge in [-0.1, -0.05) is 71.8 Å². The number of para-hydroxylation sites is 1. The molecule has 0 spiro atoms. The third kappa shape index (κ3) is 4.72. The van der Waals surface area contributed by atoms with Crippen molar-refractivity contribution in [2.75, 3.05) is 5.32 Å². The zero-order chi connectivity index (χ0) is 16.7. The predicted octanol–water partition coefficient (Wildman–Crippen LogP) is 5.10. The lowest BCUT2D eigenvalue weighted by Crippen LogP contribution is -2.14. The molecule has 0 aromatic heterocycles. The summed E-state index contributed by atoms with van der Waals surface area (Å²) in [6, 6.07) is 16.3. The van der Waals surface area contributed by atoms with Crippen LogP contribution in [0, 0.1) is 11.3 Å². The number of carbonyl (C=O) groups excluding carboxylic acids is 1. The summed E-state index contributed by atoms with van der Waals surface area (Å²) in [5.41, 5.74) is 1.21. The quantitative estimate of drug-likeness (QED) is 0.477. The number of carbonyl (C=O) groups is 1. The van der Waals surface area contributed by atoms with Crippen LogP contribution >= 0.6 is 23.2 Å². The number of amides is 1. The summed E-state index contributed by atoms with van der Waals surface area (Å²) < 4.78 is 0. The summed E-state index contributed by atoms with van der Waals surface area (Å²) in [5.74, 6) is -0.569. The molecule has 2 aromatic rings. The van der Waals surface area contributed by atoms with Crippen LogP contribution in [0.1, 0.15) is 5.56 Å². The first-order valence-corrected chi connectivity index (χ1v) is 7.46. The second-order valence-electron chi connectivity index (χ2n) is 4.51. The van der Waals surface area contributed by atoms with Gasteiger partial charge in [0.05, 0.1) is 15.7 Å². The Balaban J connectivity index is 2.14. The zero-order valence-corrected chi connectivity index (χ0v) is 13.5. The Morgan fingerprint density at radius 2 is 1.70 bits per heavy atom. The molecular formula is C18H12Cl2N2O. The number of hydrogen-bond acceptors (Lipinski definition) is 2. The van der Waals surface area contributed by atoms with Gasteiger partial charge in [-0.2, -0.15) is 5.26 Å². The van der Waals surface area contributed by atoms with Crippen molar-refractivity contribution >= 4 is 40.9 Å². The first-order chi connectivity index (χ1) is 11.1. The number of benzene rings is 2. The largest absolute Gasteiger partial charge is 0.319 e. The third-order valence-corrected chi connectivity index (χ3v) is 3.55. The number of halogens is 2. The highest BCUT2D eigenvalue weighted by atomic mass is 35.5. The maximum Gasteiger partial charge on any atom is 0.266 e. The lowest BCUT2D eigenvalue weighted by molar-refractivity contribution is -0.112. The molecule has 23 heavy (non-hydrogen) atoms. The second-order valence-corrected chi connectivity index (χ2v) is 5.33. The van der Waals surface area contributed by atoms with Crippen molar-refractivity contribution in [3.63, 3.8) is 0 Å². The number of nitrogens with zero attached hydrogens (tertiary/aromatic N) is 1. The Labute approximate surface area is 144 Å². The van der Waals surface area contributed by atoms with Crippen molar-refractivity contribution in [1.29, 1.82) is 5.26 Å². The van der Waals surface area contributed by atoms with E-state index < -0.39 is 5.91 Å². The van der Waals surface area contributed by atoms with Crippen LogP contribution in [0.5, 0.6) is 0 Å². The van der Waals surface area contributed by atoms with E-state index in [1.54, 1.807) is 30.4 Å². The van der Waals surface area contributed by atoms with Gasteiger partial charge >= 0.3 is 0 Å². The molecule has 5 heteroatoms. The number of allylic oxidation sites excluding steroid dienone is 2. The van der Waals surface area contributed by atoms with Gasteiger partial charge in [-0.15, -0.1) is 0 Å². The van der Waals surface area contributed by atoms with E-state index in [-0.39, 0.29) is 11.3 Å². The van der Waals surface area contributed by atoms with Crippen LogP contribution in [-0.2, 0) is 4.79 Å². The lowest BCUT2D eigenvalue weighted by atomic mass is 10.2. The van der Waals surface area contributed by atoms with Crippen LogP contribution in [0.2, 0.25) is 10.0 Å². The molecule has 0 saturated carbocycles. The van der Waals surface area contributed by atoms with E-state index in [1.807, 2.05) is 36.4 Å². The van der Waals surface area contributed by atoms with Gasteiger partial charge in [0.15, 0.2) is 0 Å². The molecule has 0 saturated heterocycles. The van der Waals surface area contributed by atoms with Crippen LogP contribution < -0.4 is 5.32 Å². The first-order valence-electron chi connectivity index (χ1n) is 6.70. The number of nitrogens with one attached hydrogen (secondary N) is 1. The van der Waals surface area contributed by atoms with Gasteiger partial charge in [-0.25, -0.2) is 0 Å². The number of rotatable bonds is 4. The molecule has 2 aromatic carbocycles. The maximum atomic E-state index is 12.1. The lowest BCUT2D eigenvalue weighted by Gasteiger charge is -2.07. The molecule has 0 fully saturated rings. The molecule has 3 nitrogen and oxygen atoms in total. The molecule has 0 bridgehead atoms. The minimum atomic E-state index is -0.569. The van der Waals surface area contributed by atoms with Gasteiger partial charge in [0, 0.05) is 0 Å². The molecule has 114 valence electrons. The smallest absolute Gasteiger partial charge is 0.266 e. The molecule has 0 aliphatic heterocycles. The third-order valence-electron chi connectivity index (χ3n) is 2.92. The van der Waals surface area contributed by atoms with Gasteiger partial charge < -0.3 is 5.32 Å². The van der Waals surface area contributed by atoms with Gasteiger partial charge in [-0.3, -0.25) is 4.79 Å². The monoisotopic (exact) mass is 342 g/mol. The Kier molecular flexibility index (Phi) is 5.99. The number of nitriles is 1. The second kappa shape index (κ2) is 8.19. The summed E-state index contributed by atoms with van der Waals surface area (Å²) in [4.78, 5) is 12.1. The molecule has 1 N–H and O–H groups in total. The van der Waals surface area contributed by atoms with Crippen molar-refractivity contribution in [2.24, 2.45) is 0 Å². The number of anilines is 1. The molecule has 0 atom stereocenters. The fraction of sp³-hybridized carbons (Fsp3) is 0. The Morgan fingerprint density at radius 1 is 1.04 bits per heavy atom. The molecular weight excluding hydrogens is 331 g/mol. The summed E-state index contributed by atoms with van der Waals surface area (Å²) in [7, 11) is 0. The van der Waals surface area contributed by atoms with E-state index >= 15 is 0 Å². The van der Waals surface area contributed by atoms with Crippen molar-refractivity contribution in [3.05, 3.63) is 81.9 Å². The Hall–Kier alpha value is -2.54. The first kappa shape index (κ1) is 16.8. The summed E-state index contributed by atoms with van der Waals surface area (Å²) in [5, 5.41) is 12.3. The van der Waals surface area contributed by atoms with Crippen LogP contribution in [0.15, 0.2) is 66.3 Å². The summed E-state index contributed by atoms with van der Waals surface area (Å²) >= 11 is 12.0.